The first-order valence-electron chi connectivity index (χ1n) is 7.37. The van der Waals surface area contributed by atoms with E-state index in [0.29, 0.717) is 12.2 Å². The number of esters is 1. The Balaban J connectivity index is 2.07. The van der Waals surface area contributed by atoms with E-state index in [2.05, 4.69) is 16.8 Å². The first-order chi connectivity index (χ1) is 10.7. The molecule has 2 aromatic rings. The van der Waals surface area contributed by atoms with Gasteiger partial charge in [0, 0.05) is 12.2 Å². The molecule has 0 amide bonds. The molecule has 0 aliphatic rings. The van der Waals surface area contributed by atoms with Crippen LogP contribution in [0.1, 0.15) is 24.2 Å². The van der Waals surface area contributed by atoms with Crippen LogP contribution in [0.15, 0.2) is 59.6 Å². The molecule has 0 spiro atoms. The summed E-state index contributed by atoms with van der Waals surface area (Å²) >= 11 is 0. The molecule has 114 valence electrons. The van der Waals surface area contributed by atoms with Crippen molar-refractivity contribution < 1.29 is 9.53 Å². The molecule has 0 aliphatic heterocycles. The van der Waals surface area contributed by atoms with Crippen LogP contribution < -0.4 is 4.90 Å². The van der Waals surface area contributed by atoms with Gasteiger partial charge in [-0.05, 0) is 50.2 Å². The van der Waals surface area contributed by atoms with Gasteiger partial charge < -0.3 is 9.64 Å². The second-order valence-electron chi connectivity index (χ2n) is 4.63. The van der Waals surface area contributed by atoms with Gasteiger partial charge in [-0.15, -0.1) is 0 Å². The lowest BCUT2D eigenvalue weighted by atomic mass is 10.2. The smallest absolute Gasteiger partial charge is 0.338 e. The number of hydrogen-bond acceptors (Lipinski definition) is 3. The number of rotatable bonds is 6. The molecule has 0 atom stereocenters. The van der Waals surface area contributed by atoms with Crippen LogP contribution in [0.5, 0.6) is 0 Å². The van der Waals surface area contributed by atoms with Crippen LogP contribution in [-0.2, 0) is 4.74 Å². The Labute approximate surface area is 131 Å². The molecule has 0 unspecified atom stereocenters. The van der Waals surface area contributed by atoms with E-state index in [1.807, 2.05) is 42.5 Å². The summed E-state index contributed by atoms with van der Waals surface area (Å²) in [6, 6.07) is 17.1. The van der Waals surface area contributed by atoms with Crippen molar-refractivity contribution >= 4 is 23.7 Å². The highest BCUT2D eigenvalue weighted by Gasteiger charge is 2.05. The maximum absolute atomic E-state index is 11.6. The van der Waals surface area contributed by atoms with Crippen LogP contribution in [0.4, 0.5) is 11.4 Å². The fraction of sp³-hybridized carbons (Fsp3) is 0.222. The van der Waals surface area contributed by atoms with Gasteiger partial charge in [0.2, 0.25) is 0 Å². The standard InChI is InChI=1S/C18H20N2O2/c1-3-20(17-8-6-5-7-9-17)14-19-16-12-10-15(11-13-16)18(21)22-4-2/h5-14H,3-4H2,1-2H3/b19-14+. The highest BCUT2D eigenvalue weighted by atomic mass is 16.5. The largest absolute Gasteiger partial charge is 0.462 e. The summed E-state index contributed by atoms with van der Waals surface area (Å²) < 4.78 is 4.96. The molecule has 2 aromatic carbocycles. The molecule has 0 heterocycles. The Bertz CT molecular complexity index is 621. The highest BCUT2D eigenvalue weighted by Crippen LogP contribution is 2.15. The Morgan fingerprint density at radius 2 is 1.77 bits per heavy atom. The third-order valence-electron chi connectivity index (χ3n) is 3.15. The number of ether oxygens (including phenoxy) is 1. The van der Waals surface area contributed by atoms with Crippen LogP contribution in [0, 0.1) is 0 Å². The quantitative estimate of drug-likeness (QED) is 0.459. The van der Waals surface area contributed by atoms with Crippen molar-refractivity contribution in [3.8, 4) is 0 Å². The number of carbonyl (C=O) groups is 1. The first kappa shape index (κ1) is 15.8. The lowest BCUT2D eigenvalue weighted by Crippen LogP contribution is -2.19. The van der Waals surface area contributed by atoms with Crippen molar-refractivity contribution in [2.75, 3.05) is 18.1 Å². The normalized spacial score (nSPS) is 10.6. The number of nitrogens with zero attached hydrogens (tertiary/aromatic N) is 2. The van der Waals surface area contributed by atoms with Gasteiger partial charge in [0.25, 0.3) is 0 Å². The molecule has 0 aliphatic carbocycles. The van der Waals surface area contributed by atoms with Crippen LogP contribution in [0.3, 0.4) is 0 Å². The van der Waals surface area contributed by atoms with Crippen LogP contribution in [0.2, 0.25) is 0 Å². The number of para-hydroxylation sites is 1. The SMILES string of the molecule is CCOC(=O)c1ccc(/N=C/N(CC)c2ccccc2)cc1. The molecule has 0 bridgehead atoms. The maximum atomic E-state index is 11.6. The minimum absolute atomic E-state index is 0.308. The van der Waals surface area contributed by atoms with E-state index in [9.17, 15) is 4.79 Å². The number of benzene rings is 2. The fourth-order valence-electron chi connectivity index (χ4n) is 1.98. The molecule has 0 fully saturated rings. The number of hydrogen-bond donors (Lipinski definition) is 0. The highest BCUT2D eigenvalue weighted by molar-refractivity contribution is 5.90. The third kappa shape index (κ3) is 4.19. The van der Waals surface area contributed by atoms with Crippen LogP contribution in [0.25, 0.3) is 0 Å². The molecule has 4 nitrogen and oxygen atoms in total. The molecule has 4 heteroatoms. The van der Waals surface area contributed by atoms with E-state index >= 15 is 0 Å². The van der Waals surface area contributed by atoms with E-state index < -0.39 is 0 Å². The van der Waals surface area contributed by atoms with Crippen molar-refractivity contribution in [2.24, 2.45) is 4.99 Å². The van der Waals surface area contributed by atoms with E-state index in [4.69, 9.17) is 4.74 Å². The molecule has 0 saturated carbocycles. The molecule has 0 radical (unpaired) electrons. The Kier molecular flexibility index (Phi) is 5.72. The molecule has 0 saturated heterocycles. The van der Waals surface area contributed by atoms with Gasteiger partial charge in [0.05, 0.1) is 24.2 Å². The zero-order valence-corrected chi connectivity index (χ0v) is 12.9. The predicted octanol–water partition coefficient (Wildman–Crippen LogP) is 4.05. The van der Waals surface area contributed by atoms with E-state index in [0.717, 1.165) is 17.9 Å². The summed E-state index contributed by atoms with van der Waals surface area (Å²) in [6.07, 6.45) is 1.80. The van der Waals surface area contributed by atoms with Gasteiger partial charge in [-0.2, -0.15) is 0 Å². The molecule has 22 heavy (non-hydrogen) atoms. The zero-order chi connectivity index (χ0) is 15.8. The van der Waals surface area contributed by atoms with Crippen molar-refractivity contribution in [1.29, 1.82) is 0 Å². The Morgan fingerprint density at radius 3 is 2.36 bits per heavy atom. The monoisotopic (exact) mass is 296 g/mol. The van der Waals surface area contributed by atoms with Gasteiger partial charge in [-0.1, -0.05) is 18.2 Å². The summed E-state index contributed by atoms with van der Waals surface area (Å²) in [5, 5.41) is 0. The summed E-state index contributed by atoms with van der Waals surface area (Å²) in [7, 11) is 0. The predicted molar refractivity (Wildman–Crippen MR) is 90.0 cm³/mol. The van der Waals surface area contributed by atoms with E-state index in [1.165, 1.54) is 0 Å². The molecule has 2 rings (SSSR count). The fourth-order valence-corrected chi connectivity index (χ4v) is 1.98. The van der Waals surface area contributed by atoms with Gasteiger partial charge >= 0.3 is 5.97 Å². The van der Waals surface area contributed by atoms with Crippen molar-refractivity contribution in [1.82, 2.24) is 0 Å². The van der Waals surface area contributed by atoms with Crippen molar-refractivity contribution in [3.63, 3.8) is 0 Å². The van der Waals surface area contributed by atoms with E-state index in [1.54, 1.807) is 25.4 Å². The number of aliphatic imine (C=N–C) groups is 1. The Hall–Kier alpha value is -2.62. The second kappa shape index (κ2) is 7.98. The van der Waals surface area contributed by atoms with Gasteiger partial charge in [-0.25, -0.2) is 9.79 Å². The van der Waals surface area contributed by atoms with E-state index in [-0.39, 0.29) is 5.97 Å². The van der Waals surface area contributed by atoms with Crippen LogP contribution in [-0.4, -0.2) is 25.5 Å². The minimum atomic E-state index is -0.308. The maximum Gasteiger partial charge on any atom is 0.338 e. The summed E-state index contributed by atoms with van der Waals surface area (Å²) in [4.78, 5) is 18.1. The minimum Gasteiger partial charge on any atom is -0.462 e. The van der Waals surface area contributed by atoms with Crippen molar-refractivity contribution in [2.45, 2.75) is 13.8 Å². The lowest BCUT2D eigenvalue weighted by Gasteiger charge is -2.16. The average Bonchev–Trinajstić information content (AvgIpc) is 2.57. The second-order valence-corrected chi connectivity index (χ2v) is 4.63. The molecular weight excluding hydrogens is 276 g/mol. The molecule has 0 aromatic heterocycles. The topological polar surface area (TPSA) is 41.9 Å². The summed E-state index contributed by atoms with van der Waals surface area (Å²) in [5.74, 6) is -0.308. The molecular formula is C18H20N2O2. The van der Waals surface area contributed by atoms with Gasteiger partial charge in [0.15, 0.2) is 0 Å². The van der Waals surface area contributed by atoms with Crippen molar-refractivity contribution in [3.05, 3.63) is 60.2 Å². The Morgan fingerprint density at radius 1 is 1.09 bits per heavy atom. The van der Waals surface area contributed by atoms with Gasteiger partial charge in [0.1, 0.15) is 0 Å². The number of anilines is 1. The molecule has 0 N–H and O–H groups in total. The average molecular weight is 296 g/mol. The lowest BCUT2D eigenvalue weighted by molar-refractivity contribution is 0.0526. The van der Waals surface area contributed by atoms with Crippen LogP contribution >= 0.6 is 0 Å². The first-order valence-corrected chi connectivity index (χ1v) is 7.37. The summed E-state index contributed by atoms with van der Waals surface area (Å²) in [5.41, 5.74) is 2.43. The summed E-state index contributed by atoms with van der Waals surface area (Å²) in [6.45, 7) is 5.07. The third-order valence-corrected chi connectivity index (χ3v) is 3.15. The number of carbonyl (C=O) groups excluding carboxylic acids is 1. The zero-order valence-electron chi connectivity index (χ0n) is 12.9. The van der Waals surface area contributed by atoms with Gasteiger partial charge in [-0.3, -0.25) is 0 Å².